The Morgan fingerprint density at radius 2 is 1.79 bits per heavy atom. The Labute approximate surface area is 204 Å². The molecular formula is C27H29N3O3S. The molecule has 176 valence electrons. The van der Waals surface area contributed by atoms with E-state index in [9.17, 15) is 14.4 Å². The van der Waals surface area contributed by atoms with Crippen LogP contribution in [0.5, 0.6) is 0 Å². The Kier molecular flexibility index (Phi) is 6.84. The summed E-state index contributed by atoms with van der Waals surface area (Å²) in [4.78, 5) is 41.0. The molecule has 2 heterocycles. The van der Waals surface area contributed by atoms with Crippen LogP contribution in [0.25, 0.3) is 0 Å². The fraction of sp³-hybridized carbons (Fsp3) is 0.296. The Balaban J connectivity index is 1.50. The van der Waals surface area contributed by atoms with Gasteiger partial charge in [0.05, 0.1) is 6.04 Å². The maximum absolute atomic E-state index is 13.3. The number of nitrogens with zero attached hydrogens (tertiary/aromatic N) is 1. The van der Waals surface area contributed by atoms with Gasteiger partial charge in [-0.25, -0.2) is 4.79 Å². The second kappa shape index (κ2) is 9.81. The number of carbonyl (C=O) groups is 3. The highest BCUT2D eigenvalue weighted by Crippen LogP contribution is 2.30. The molecule has 2 unspecified atom stereocenters. The fourth-order valence-electron chi connectivity index (χ4n) is 4.21. The molecule has 2 aromatic carbocycles. The smallest absolute Gasteiger partial charge is 0.325 e. The SMILES string of the molecule is CCCc1ccc(C2(C)NC(=O)N(CC(=O)NC(c3ccc(C)cc3)c3cccs3)C2=O)cc1. The Hall–Kier alpha value is -3.45. The summed E-state index contributed by atoms with van der Waals surface area (Å²) in [5.41, 5.74) is 2.74. The molecule has 0 saturated carbocycles. The fourth-order valence-corrected chi connectivity index (χ4v) is 5.02. The minimum absolute atomic E-state index is 0.345. The van der Waals surface area contributed by atoms with E-state index in [1.807, 2.05) is 73.0 Å². The first-order valence-electron chi connectivity index (χ1n) is 11.4. The molecule has 1 aliphatic heterocycles. The molecule has 1 aromatic heterocycles. The molecule has 2 N–H and O–H groups in total. The van der Waals surface area contributed by atoms with Crippen LogP contribution in [0.15, 0.2) is 66.0 Å². The average molecular weight is 476 g/mol. The highest BCUT2D eigenvalue weighted by atomic mass is 32.1. The van der Waals surface area contributed by atoms with E-state index >= 15 is 0 Å². The van der Waals surface area contributed by atoms with Gasteiger partial charge in [-0.3, -0.25) is 14.5 Å². The zero-order chi connectivity index (χ0) is 24.3. The van der Waals surface area contributed by atoms with Gasteiger partial charge in [0.1, 0.15) is 12.1 Å². The summed E-state index contributed by atoms with van der Waals surface area (Å²) in [7, 11) is 0. The van der Waals surface area contributed by atoms with Crippen LogP contribution in [-0.4, -0.2) is 29.3 Å². The number of hydrogen-bond acceptors (Lipinski definition) is 4. The first kappa shape index (κ1) is 23.7. The van der Waals surface area contributed by atoms with Crippen molar-refractivity contribution in [1.82, 2.24) is 15.5 Å². The van der Waals surface area contributed by atoms with Gasteiger partial charge in [-0.2, -0.15) is 0 Å². The number of nitrogens with one attached hydrogen (secondary N) is 2. The number of imide groups is 1. The third-order valence-corrected chi connectivity index (χ3v) is 7.13. The van der Waals surface area contributed by atoms with E-state index in [2.05, 4.69) is 17.6 Å². The zero-order valence-electron chi connectivity index (χ0n) is 19.6. The lowest BCUT2D eigenvalue weighted by Gasteiger charge is -2.23. The van der Waals surface area contributed by atoms with E-state index < -0.39 is 23.4 Å². The topological polar surface area (TPSA) is 78.5 Å². The first-order chi connectivity index (χ1) is 16.3. The highest BCUT2D eigenvalue weighted by Gasteiger charge is 2.49. The minimum atomic E-state index is -1.20. The molecule has 7 heteroatoms. The van der Waals surface area contributed by atoms with Crippen LogP contribution in [-0.2, 0) is 21.5 Å². The predicted octanol–water partition coefficient (Wildman–Crippen LogP) is 4.68. The van der Waals surface area contributed by atoms with Gasteiger partial charge in [0, 0.05) is 4.88 Å². The number of benzene rings is 2. The van der Waals surface area contributed by atoms with Crippen LogP contribution in [0.3, 0.4) is 0 Å². The monoisotopic (exact) mass is 475 g/mol. The third kappa shape index (κ3) is 4.75. The zero-order valence-corrected chi connectivity index (χ0v) is 20.4. The van der Waals surface area contributed by atoms with E-state index in [-0.39, 0.29) is 12.6 Å². The van der Waals surface area contributed by atoms with E-state index in [4.69, 9.17) is 0 Å². The molecule has 1 fully saturated rings. The standard InChI is InChI=1S/C27H29N3O3S/c1-4-6-19-10-14-21(15-11-19)27(3)25(32)30(26(33)29-27)17-23(31)28-24(22-7-5-16-34-22)20-12-8-18(2)9-13-20/h5,7-16,24H,4,6,17H2,1-3H3,(H,28,31)(H,29,33). The molecular weight excluding hydrogens is 446 g/mol. The molecule has 0 spiro atoms. The summed E-state index contributed by atoms with van der Waals surface area (Å²) in [6.07, 6.45) is 1.99. The Bertz CT molecular complexity index is 1170. The van der Waals surface area contributed by atoms with Gasteiger partial charge in [-0.1, -0.05) is 73.5 Å². The van der Waals surface area contributed by atoms with E-state index in [0.29, 0.717) is 5.56 Å². The van der Waals surface area contributed by atoms with Crippen LogP contribution in [0.2, 0.25) is 0 Å². The molecule has 34 heavy (non-hydrogen) atoms. The quantitative estimate of drug-likeness (QED) is 0.464. The van der Waals surface area contributed by atoms with Crippen molar-refractivity contribution in [2.45, 2.75) is 45.2 Å². The van der Waals surface area contributed by atoms with Crippen LogP contribution in [0.4, 0.5) is 4.79 Å². The molecule has 0 bridgehead atoms. The number of urea groups is 1. The second-order valence-electron chi connectivity index (χ2n) is 8.82. The molecule has 0 aliphatic carbocycles. The molecule has 4 rings (SSSR count). The van der Waals surface area contributed by atoms with Gasteiger partial charge in [0.15, 0.2) is 0 Å². The summed E-state index contributed by atoms with van der Waals surface area (Å²) in [6, 6.07) is 18.6. The van der Waals surface area contributed by atoms with Crippen molar-refractivity contribution in [2.75, 3.05) is 6.54 Å². The molecule has 3 aromatic rings. The highest BCUT2D eigenvalue weighted by molar-refractivity contribution is 7.10. The van der Waals surface area contributed by atoms with E-state index in [1.54, 1.807) is 18.3 Å². The van der Waals surface area contributed by atoms with E-state index in [0.717, 1.165) is 33.7 Å². The summed E-state index contributed by atoms with van der Waals surface area (Å²) < 4.78 is 0. The van der Waals surface area contributed by atoms with Gasteiger partial charge < -0.3 is 10.6 Å². The van der Waals surface area contributed by atoms with Gasteiger partial charge >= 0.3 is 6.03 Å². The molecule has 2 atom stereocenters. The number of carbonyl (C=O) groups excluding carboxylic acids is 3. The van der Waals surface area contributed by atoms with Gasteiger partial charge in [-0.15, -0.1) is 11.3 Å². The number of rotatable bonds is 8. The Morgan fingerprint density at radius 3 is 2.41 bits per heavy atom. The van der Waals surface area contributed by atoms with Crippen molar-refractivity contribution < 1.29 is 14.4 Å². The van der Waals surface area contributed by atoms with Crippen LogP contribution in [0.1, 0.15) is 53.4 Å². The molecule has 4 amide bonds. The molecule has 0 radical (unpaired) electrons. The largest absolute Gasteiger partial charge is 0.343 e. The van der Waals surface area contributed by atoms with Crippen LogP contribution >= 0.6 is 11.3 Å². The summed E-state index contributed by atoms with van der Waals surface area (Å²) in [5, 5.41) is 7.75. The first-order valence-corrected chi connectivity index (χ1v) is 12.3. The number of hydrogen-bond donors (Lipinski definition) is 2. The molecule has 1 aliphatic rings. The van der Waals surface area contributed by atoms with Crippen molar-refractivity contribution in [3.63, 3.8) is 0 Å². The van der Waals surface area contributed by atoms with Crippen molar-refractivity contribution in [1.29, 1.82) is 0 Å². The normalized spacial score (nSPS) is 18.6. The lowest BCUT2D eigenvalue weighted by molar-refractivity contribution is -0.135. The number of aryl methyl sites for hydroxylation is 2. The lowest BCUT2D eigenvalue weighted by atomic mass is 9.91. The minimum Gasteiger partial charge on any atom is -0.343 e. The predicted molar refractivity (Wildman–Crippen MR) is 134 cm³/mol. The maximum Gasteiger partial charge on any atom is 0.325 e. The third-order valence-electron chi connectivity index (χ3n) is 6.19. The van der Waals surface area contributed by atoms with Gasteiger partial charge in [-0.05, 0) is 48.4 Å². The Morgan fingerprint density at radius 1 is 1.09 bits per heavy atom. The second-order valence-corrected chi connectivity index (χ2v) is 9.80. The van der Waals surface area contributed by atoms with Crippen molar-refractivity contribution in [3.05, 3.63) is 93.2 Å². The number of amides is 4. The maximum atomic E-state index is 13.3. The number of thiophene rings is 1. The van der Waals surface area contributed by atoms with Gasteiger partial charge in [0.2, 0.25) is 5.91 Å². The summed E-state index contributed by atoms with van der Waals surface area (Å²) in [5.74, 6) is -0.830. The van der Waals surface area contributed by atoms with Crippen molar-refractivity contribution in [2.24, 2.45) is 0 Å². The summed E-state index contributed by atoms with van der Waals surface area (Å²) in [6.45, 7) is 5.46. The molecule has 6 nitrogen and oxygen atoms in total. The molecule has 1 saturated heterocycles. The van der Waals surface area contributed by atoms with E-state index in [1.165, 1.54) is 5.56 Å². The van der Waals surface area contributed by atoms with Crippen LogP contribution in [0, 0.1) is 6.92 Å². The average Bonchev–Trinajstić information content (AvgIpc) is 3.43. The lowest BCUT2D eigenvalue weighted by Crippen LogP contribution is -2.44. The van der Waals surface area contributed by atoms with Crippen LogP contribution < -0.4 is 10.6 Å². The summed E-state index contributed by atoms with van der Waals surface area (Å²) >= 11 is 1.54. The van der Waals surface area contributed by atoms with Crippen molar-refractivity contribution >= 4 is 29.2 Å². The van der Waals surface area contributed by atoms with Crippen molar-refractivity contribution in [3.8, 4) is 0 Å². The van der Waals surface area contributed by atoms with Gasteiger partial charge in [0.25, 0.3) is 5.91 Å².